The topological polar surface area (TPSA) is 75.7 Å². The molecule has 0 bridgehead atoms. The summed E-state index contributed by atoms with van der Waals surface area (Å²) >= 11 is 5.95. The number of halogens is 1. The molecule has 2 aromatic carbocycles. The van der Waals surface area contributed by atoms with Gasteiger partial charge in [-0.2, -0.15) is 0 Å². The number of nitrogens with zero attached hydrogens (tertiary/aromatic N) is 1. The first-order chi connectivity index (χ1) is 13.4. The highest BCUT2D eigenvalue weighted by Gasteiger charge is 2.47. The minimum atomic E-state index is -0.942. The molecule has 1 aliphatic heterocycles. The molecule has 1 saturated heterocycles. The standard InChI is InChI=1S/C21H21ClN2O4/c1-3-28-21(27)19-17(14-8-10-16(22)11-9-14)12-18(25)24(19)23-20(26)15-6-4-13(2)5-7-15/h4-11,17,19H,3,12H2,1-2H3,(H,23,26)/t17-,19-/m0/s1. The highest BCUT2D eigenvalue weighted by Crippen LogP contribution is 2.34. The van der Waals surface area contributed by atoms with Gasteiger partial charge in [0.1, 0.15) is 0 Å². The van der Waals surface area contributed by atoms with Crippen LogP contribution in [0.5, 0.6) is 0 Å². The van der Waals surface area contributed by atoms with Crippen molar-refractivity contribution in [1.82, 2.24) is 10.4 Å². The molecule has 6 nitrogen and oxygen atoms in total. The first kappa shape index (κ1) is 19.9. The molecule has 146 valence electrons. The van der Waals surface area contributed by atoms with Gasteiger partial charge >= 0.3 is 5.97 Å². The lowest BCUT2D eigenvalue weighted by atomic mass is 9.92. The maximum Gasteiger partial charge on any atom is 0.331 e. The Labute approximate surface area is 168 Å². The molecular weight excluding hydrogens is 380 g/mol. The van der Waals surface area contributed by atoms with Crippen LogP contribution in [0.4, 0.5) is 0 Å². The SMILES string of the molecule is CCOC(=O)[C@@H]1[C@H](c2ccc(Cl)cc2)CC(=O)N1NC(=O)c1ccc(C)cc1. The van der Waals surface area contributed by atoms with Crippen molar-refractivity contribution < 1.29 is 19.1 Å². The normalized spacial score (nSPS) is 18.8. The van der Waals surface area contributed by atoms with Crippen molar-refractivity contribution in [3.63, 3.8) is 0 Å². The van der Waals surface area contributed by atoms with Crippen LogP contribution in [0.2, 0.25) is 5.02 Å². The Bertz CT molecular complexity index is 880. The van der Waals surface area contributed by atoms with Crippen LogP contribution in [0.1, 0.15) is 40.7 Å². The van der Waals surface area contributed by atoms with E-state index in [1.807, 2.05) is 6.92 Å². The molecule has 0 saturated carbocycles. The van der Waals surface area contributed by atoms with E-state index in [4.69, 9.17) is 16.3 Å². The average molecular weight is 401 g/mol. The third-order valence-corrected chi connectivity index (χ3v) is 4.94. The van der Waals surface area contributed by atoms with Gasteiger partial charge in [0.05, 0.1) is 6.61 Å². The second-order valence-electron chi connectivity index (χ2n) is 6.63. The second kappa shape index (κ2) is 8.44. The number of rotatable bonds is 5. The Kier molecular flexibility index (Phi) is 5.99. The third kappa shape index (κ3) is 4.17. The van der Waals surface area contributed by atoms with Crippen molar-refractivity contribution in [3.8, 4) is 0 Å². The third-order valence-electron chi connectivity index (χ3n) is 4.68. The molecule has 2 amide bonds. The highest BCUT2D eigenvalue weighted by atomic mass is 35.5. The van der Waals surface area contributed by atoms with Gasteiger partial charge in [0.15, 0.2) is 6.04 Å². The van der Waals surface area contributed by atoms with E-state index in [1.165, 1.54) is 0 Å². The molecule has 0 aliphatic carbocycles. The van der Waals surface area contributed by atoms with Crippen LogP contribution >= 0.6 is 11.6 Å². The van der Waals surface area contributed by atoms with E-state index in [0.717, 1.165) is 16.1 Å². The van der Waals surface area contributed by atoms with E-state index in [9.17, 15) is 14.4 Å². The summed E-state index contributed by atoms with van der Waals surface area (Å²) in [6.07, 6.45) is 0.0826. The van der Waals surface area contributed by atoms with Gasteiger partial charge in [-0.25, -0.2) is 9.80 Å². The number of carbonyl (C=O) groups is 3. The van der Waals surface area contributed by atoms with Gasteiger partial charge < -0.3 is 4.74 Å². The predicted octanol–water partition coefficient (Wildman–Crippen LogP) is 3.24. The van der Waals surface area contributed by atoms with E-state index >= 15 is 0 Å². The molecule has 3 rings (SSSR count). The van der Waals surface area contributed by atoms with Gasteiger partial charge in [-0.1, -0.05) is 41.4 Å². The molecule has 0 radical (unpaired) electrons. The number of carbonyl (C=O) groups excluding carboxylic acids is 3. The Hall–Kier alpha value is -2.86. The van der Waals surface area contributed by atoms with E-state index in [0.29, 0.717) is 10.6 Å². The van der Waals surface area contributed by atoms with Crippen LogP contribution < -0.4 is 5.43 Å². The van der Waals surface area contributed by atoms with Crippen molar-refractivity contribution in [1.29, 1.82) is 0 Å². The Morgan fingerprint density at radius 3 is 2.39 bits per heavy atom. The van der Waals surface area contributed by atoms with E-state index < -0.39 is 23.8 Å². The Morgan fingerprint density at radius 1 is 1.14 bits per heavy atom. The Morgan fingerprint density at radius 2 is 1.79 bits per heavy atom. The number of hydrazine groups is 1. The molecule has 1 aliphatic rings. The number of hydrogen-bond acceptors (Lipinski definition) is 4. The summed E-state index contributed by atoms with van der Waals surface area (Å²) in [6, 6.07) is 13.0. The van der Waals surface area contributed by atoms with Gasteiger partial charge in [0.2, 0.25) is 5.91 Å². The molecule has 1 fully saturated rings. The largest absolute Gasteiger partial charge is 0.464 e. The summed E-state index contributed by atoms with van der Waals surface area (Å²) in [6.45, 7) is 3.79. The lowest BCUT2D eigenvalue weighted by Crippen LogP contribution is -2.52. The summed E-state index contributed by atoms with van der Waals surface area (Å²) in [7, 11) is 0. The smallest absolute Gasteiger partial charge is 0.331 e. The van der Waals surface area contributed by atoms with Crippen molar-refractivity contribution in [3.05, 3.63) is 70.2 Å². The monoisotopic (exact) mass is 400 g/mol. The average Bonchev–Trinajstić information content (AvgIpc) is 2.99. The van der Waals surface area contributed by atoms with Crippen LogP contribution in [0, 0.1) is 6.92 Å². The number of hydrogen-bond donors (Lipinski definition) is 1. The predicted molar refractivity (Wildman–Crippen MR) is 105 cm³/mol. The number of esters is 1. The summed E-state index contributed by atoms with van der Waals surface area (Å²) in [5.74, 6) is -1.81. The molecule has 0 aromatic heterocycles. The molecule has 28 heavy (non-hydrogen) atoms. The van der Waals surface area contributed by atoms with Crippen molar-refractivity contribution >= 4 is 29.4 Å². The maximum atomic E-state index is 12.6. The fourth-order valence-electron chi connectivity index (χ4n) is 3.25. The zero-order valence-electron chi connectivity index (χ0n) is 15.6. The van der Waals surface area contributed by atoms with Crippen LogP contribution in [-0.2, 0) is 14.3 Å². The summed E-state index contributed by atoms with van der Waals surface area (Å²) in [5.41, 5.74) is 4.78. The van der Waals surface area contributed by atoms with Gasteiger partial charge in [-0.05, 0) is 43.7 Å². The number of aryl methyl sites for hydroxylation is 1. The van der Waals surface area contributed by atoms with Gasteiger partial charge in [0.25, 0.3) is 5.91 Å². The fourth-order valence-corrected chi connectivity index (χ4v) is 3.38. The van der Waals surface area contributed by atoms with Gasteiger partial charge in [-0.15, -0.1) is 0 Å². The minimum Gasteiger partial charge on any atom is -0.464 e. The maximum absolute atomic E-state index is 12.6. The fraction of sp³-hybridized carbons (Fsp3) is 0.286. The first-order valence-electron chi connectivity index (χ1n) is 9.02. The van der Waals surface area contributed by atoms with E-state index in [2.05, 4.69) is 5.43 Å². The molecule has 2 atom stereocenters. The first-order valence-corrected chi connectivity index (χ1v) is 9.40. The molecule has 0 unspecified atom stereocenters. The minimum absolute atomic E-state index is 0.0826. The van der Waals surface area contributed by atoms with Crippen LogP contribution in [0.25, 0.3) is 0 Å². The number of nitrogens with one attached hydrogen (secondary N) is 1. The van der Waals surface area contributed by atoms with Crippen molar-refractivity contribution in [2.45, 2.75) is 32.2 Å². The van der Waals surface area contributed by atoms with Gasteiger partial charge in [0, 0.05) is 22.9 Å². The summed E-state index contributed by atoms with van der Waals surface area (Å²) < 4.78 is 5.17. The zero-order valence-corrected chi connectivity index (χ0v) is 16.4. The number of amides is 2. The quantitative estimate of drug-likeness (QED) is 0.782. The van der Waals surface area contributed by atoms with Crippen LogP contribution in [0.3, 0.4) is 0 Å². The molecule has 0 spiro atoms. The number of ether oxygens (including phenoxy) is 1. The van der Waals surface area contributed by atoms with Crippen molar-refractivity contribution in [2.75, 3.05) is 6.61 Å². The summed E-state index contributed by atoms with van der Waals surface area (Å²) in [4.78, 5) is 37.9. The lowest BCUT2D eigenvalue weighted by Gasteiger charge is -2.26. The molecule has 2 aromatic rings. The van der Waals surface area contributed by atoms with Crippen LogP contribution in [0.15, 0.2) is 48.5 Å². The van der Waals surface area contributed by atoms with E-state index in [-0.39, 0.29) is 18.9 Å². The number of benzene rings is 2. The molecular formula is C21H21ClN2O4. The molecule has 1 N–H and O–H groups in total. The van der Waals surface area contributed by atoms with Crippen LogP contribution in [-0.4, -0.2) is 35.4 Å². The van der Waals surface area contributed by atoms with Gasteiger partial charge in [-0.3, -0.25) is 15.0 Å². The lowest BCUT2D eigenvalue weighted by molar-refractivity contribution is -0.153. The molecule has 1 heterocycles. The zero-order chi connectivity index (χ0) is 20.3. The Balaban J connectivity index is 1.88. The van der Waals surface area contributed by atoms with E-state index in [1.54, 1.807) is 55.5 Å². The summed E-state index contributed by atoms with van der Waals surface area (Å²) in [5, 5.41) is 1.66. The highest BCUT2D eigenvalue weighted by molar-refractivity contribution is 6.30. The van der Waals surface area contributed by atoms with Crippen molar-refractivity contribution in [2.24, 2.45) is 0 Å². The second-order valence-corrected chi connectivity index (χ2v) is 7.07. The molecule has 7 heteroatoms.